The van der Waals surface area contributed by atoms with Crippen molar-refractivity contribution < 1.29 is 4.74 Å². The van der Waals surface area contributed by atoms with E-state index >= 15 is 0 Å². The summed E-state index contributed by atoms with van der Waals surface area (Å²) in [6, 6.07) is 7.67. The van der Waals surface area contributed by atoms with E-state index in [1.807, 2.05) is 24.3 Å². The number of aromatic nitrogens is 2. The van der Waals surface area contributed by atoms with Gasteiger partial charge in [-0.25, -0.2) is 9.97 Å². The topological polar surface area (TPSA) is 35.0 Å². The van der Waals surface area contributed by atoms with Crippen molar-refractivity contribution in [2.75, 3.05) is 7.11 Å². The molecule has 0 spiro atoms. The first-order valence-corrected chi connectivity index (χ1v) is 8.50. The molecule has 0 aliphatic rings. The van der Waals surface area contributed by atoms with Crippen LogP contribution in [0, 0.1) is 3.57 Å². The Balaban J connectivity index is 2.11. The van der Waals surface area contributed by atoms with Gasteiger partial charge in [-0.1, -0.05) is 23.2 Å². The van der Waals surface area contributed by atoms with E-state index in [1.165, 1.54) is 0 Å². The zero-order valence-corrected chi connectivity index (χ0v) is 15.1. The van der Waals surface area contributed by atoms with Gasteiger partial charge in [-0.05, 0) is 46.9 Å². The van der Waals surface area contributed by atoms with Crippen LogP contribution in [0.2, 0.25) is 10.2 Å². The van der Waals surface area contributed by atoms with E-state index in [0.29, 0.717) is 23.3 Å². The van der Waals surface area contributed by atoms with E-state index in [1.54, 1.807) is 18.9 Å². The van der Waals surface area contributed by atoms with Crippen molar-refractivity contribution in [1.82, 2.24) is 9.97 Å². The van der Waals surface area contributed by atoms with Gasteiger partial charge in [0, 0.05) is 17.0 Å². The van der Waals surface area contributed by atoms with Gasteiger partial charge in [0.05, 0.1) is 21.6 Å². The maximum atomic E-state index is 6.12. The Morgan fingerprint density at radius 3 is 2.55 bits per heavy atom. The van der Waals surface area contributed by atoms with Crippen LogP contribution in [0.1, 0.15) is 11.5 Å². The van der Waals surface area contributed by atoms with Gasteiger partial charge in [0.2, 0.25) is 0 Å². The average molecular weight is 441 g/mol. The molecule has 0 saturated heterocycles. The summed E-state index contributed by atoms with van der Waals surface area (Å²) < 4.78 is 5.96. The van der Waals surface area contributed by atoms with Crippen LogP contribution in [0.4, 0.5) is 0 Å². The number of benzene rings is 1. The van der Waals surface area contributed by atoms with E-state index < -0.39 is 0 Å². The zero-order valence-electron chi connectivity index (χ0n) is 10.6. The predicted octanol–water partition coefficient (Wildman–Crippen LogP) is 4.83. The molecule has 7 heteroatoms. The van der Waals surface area contributed by atoms with Crippen molar-refractivity contribution >= 4 is 57.6 Å². The van der Waals surface area contributed by atoms with Gasteiger partial charge in [0.15, 0.2) is 0 Å². The number of thioether (sulfide) groups is 1. The van der Waals surface area contributed by atoms with Crippen LogP contribution in [0.15, 0.2) is 29.2 Å². The van der Waals surface area contributed by atoms with E-state index in [2.05, 4.69) is 32.6 Å². The number of ether oxygens (including phenoxy) is 1. The van der Waals surface area contributed by atoms with E-state index in [4.69, 9.17) is 27.9 Å². The second kappa shape index (κ2) is 7.79. The van der Waals surface area contributed by atoms with Crippen molar-refractivity contribution in [2.24, 2.45) is 0 Å². The molecular weight excluding hydrogens is 430 g/mol. The molecule has 2 rings (SSSR count). The highest BCUT2D eigenvalue weighted by Gasteiger charge is 2.10. The molecule has 3 nitrogen and oxygen atoms in total. The molecule has 0 radical (unpaired) electrons. The lowest BCUT2D eigenvalue weighted by molar-refractivity contribution is 0.180. The van der Waals surface area contributed by atoms with Gasteiger partial charge in [-0.3, -0.25) is 0 Å². The van der Waals surface area contributed by atoms with Crippen molar-refractivity contribution in [1.29, 1.82) is 0 Å². The molecule has 1 aromatic carbocycles. The molecule has 0 saturated carbocycles. The van der Waals surface area contributed by atoms with Crippen LogP contribution < -0.4 is 0 Å². The monoisotopic (exact) mass is 440 g/mol. The van der Waals surface area contributed by atoms with Crippen LogP contribution in [0.25, 0.3) is 0 Å². The first-order valence-electron chi connectivity index (χ1n) is 5.68. The highest BCUT2D eigenvalue weighted by atomic mass is 127. The van der Waals surface area contributed by atoms with Crippen molar-refractivity contribution in [3.63, 3.8) is 0 Å². The normalized spacial score (nSPS) is 10.8. The summed E-state index contributed by atoms with van der Waals surface area (Å²) in [7, 11) is 1.63. The number of hydrogen-bond acceptors (Lipinski definition) is 4. The molecule has 0 atom stereocenters. The quantitative estimate of drug-likeness (QED) is 0.379. The molecular formula is C13H11Cl2IN2OS. The maximum absolute atomic E-state index is 6.12. The minimum Gasteiger partial charge on any atom is -0.378 e. The number of nitrogens with zero attached hydrogens (tertiary/aromatic N) is 2. The number of methoxy groups -OCH3 is 1. The van der Waals surface area contributed by atoms with Crippen molar-refractivity contribution in [3.8, 4) is 0 Å². The largest absolute Gasteiger partial charge is 0.378 e. The summed E-state index contributed by atoms with van der Waals surface area (Å²) >= 11 is 15.7. The fraction of sp³-hybridized carbons (Fsp3) is 0.231. The minimum atomic E-state index is 0.430. The van der Waals surface area contributed by atoms with Crippen molar-refractivity contribution in [3.05, 3.63) is 49.5 Å². The van der Waals surface area contributed by atoms with Gasteiger partial charge < -0.3 is 4.74 Å². The van der Waals surface area contributed by atoms with Crippen molar-refractivity contribution in [2.45, 2.75) is 17.3 Å². The Morgan fingerprint density at radius 1 is 1.20 bits per heavy atom. The highest BCUT2D eigenvalue weighted by molar-refractivity contribution is 14.1. The molecule has 0 fully saturated rings. The molecule has 0 aliphatic carbocycles. The fourth-order valence-corrected chi connectivity index (χ4v) is 2.97. The number of halogens is 3. The van der Waals surface area contributed by atoms with Crippen LogP contribution in [0.5, 0.6) is 0 Å². The Morgan fingerprint density at radius 2 is 1.90 bits per heavy atom. The van der Waals surface area contributed by atoms with E-state index in [0.717, 1.165) is 19.2 Å². The van der Waals surface area contributed by atoms with Crippen LogP contribution in [-0.2, 0) is 17.1 Å². The lowest BCUT2D eigenvalue weighted by Gasteiger charge is -2.07. The van der Waals surface area contributed by atoms with Gasteiger partial charge in [-0.2, -0.15) is 0 Å². The number of hydrogen-bond donors (Lipinski definition) is 0. The standard InChI is InChI=1S/C13H11Cl2IN2OS/c1-19-6-10-12(16)13(15)18-11(17-10)7-20-9-4-2-8(14)3-5-9/h2-5H,6-7H2,1H3. The Bertz CT molecular complexity index is 596. The fourth-order valence-electron chi connectivity index (χ4n) is 1.49. The van der Waals surface area contributed by atoms with E-state index in [-0.39, 0.29) is 0 Å². The summed E-state index contributed by atoms with van der Waals surface area (Å²) in [5.74, 6) is 1.34. The molecule has 0 N–H and O–H groups in total. The average Bonchev–Trinajstić information content (AvgIpc) is 2.44. The summed E-state index contributed by atoms with van der Waals surface area (Å²) in [4.78, 5) is 9.89. The molecule has 1 heterocycles. The predicted molar refractivity (Wildman–Crippen MR) is 91.5 cm³/mol. The van der Waals surface area contributed by atoms with Crippen LogP contribution in [0.3, 0.4) is 0 Å². The third-order valence-corrected chi connectivity index (χ3v) is 5.37. The molecule has 20 heavy (non-hydrogen) atoms. The van der Waals surface area contributed by atoms with Gasteiger partial charge in [-0.15, -0.1) is 11.8 Å². The van der Waals surface area contributed by atoms with Gasteiger partial charge in [0.25, 0.3) is 0 Å². The van der Waals surface area contributed by atoms with Crippen LogP contribution >= 0.6 is 57.6 Å². The molecule has 0 aliphatic heterocycles. The zero-order chi connectivity index (χ0) is 14.5. The first-order chi connectivity index (χ1) is 9.60. The Hall–Kier alpha value is -0.0800. The lowest BCUT2D eigenvalue weighted by atomic mass is 10.4. The molecule has 106 valence electrons. The summed E-state index contributed by atoms with van der Waals surface area (Å²) in [5, 5.41) is 1.20. The SMILES string of the molecule is COCc1nc(CSc2ccc(Cl)cc2)nc(Cl)c1I. The smallest absolute Gasteiger partial charge is 0.146 e. The highest BCUT2D eigenvalue weighted by Crippen LogP contribution is 2.25. The van der Waals surface area contributed by atoms with Gasteiger partial charge in [0.1, 0.15) is 11.0 Å². The third-order valence-electron chi connectivity index (χ3n) is 2.39. The second-order valence-electron chi connectivity index (χ2n) is 3.87. The third kappa shape index (κ3) is 4.46. The second-order valence-corrected chi connectivity index (χ2v) is 6.79. The Labute approximate surface area is 145 Å². The summed E-state index contributed by atoms with van der Waals surface area (Å²) in [5.41, 5.74) is 0.819. The van der Waals surface area contributed by atoms with E-state index in [9.17, 15) is 0 Å². The molecule has 0 unspecified atom stereocenters. The maximum Gasteiger partial charge on any atom is 0.146 e. The molecule has 0 amide bonds. The number of rotatable bonds is 5. The molecule has 0 bridgehead atoms. The van der Waals surface area contributed by atoms with Crippen LogP contribution in [-0.4, -0.2) is 17.1 Å². The minimum absolute atomic E-state index is 0.430. The summed E-state index contributed by atoms with van der Waals surface area (Å²) in [6.07, 6.45) is 0. The summed E-state index contributed by atoms with van der Waals surface area (Å²) in [6.45, 7) is 0.430. The van der Waals surface area contributed by atoms with Gasteiger partial charge >= 0.3 is 0 Å². The molecule has 1 aromatic heterocycles. The Kier molecular flexibility index (Phi) is 6.35. The molecule has 2 aromatic rings. The first kappa shape index (κ1) is 16.3. The lowest BCUT2D eigenvalue weighted by Crippen LogP contribution is -2.03.